The molecule has 2 aliphatic rings. The van der Waals surface area contributed by atoms with Gasteiger partial charge in [-0.15, -0.1) is 0 Å². The summed E-state index contributed by atoms with van der Waals surface area (Å²) in [6.07, 6.45) is -2.65. The van der Waals surface area contributed by atoms with Crippen molar-refractivity contribution in [3.8, 4) is 0 Å². The molecule has 5 rings (SSSR count). The number of hydrogen-bond donors (Lipinski definition) is 1. The highest BCUT2D eigenvalue weighted by molar-refractivity contribution is 6.06. The van der Waals surface area contributed by atoms with Crippen LogP contribution in [0.3, 0.4) is 0 Å². The van der Waals surface area contributed by atoms with Crippen LogP contribution in [0, 0.1) is 0 Å². The Hall–Kier alpha value is -3.23. The van der Waals surface area contributed by atoms with Crippen molar-refractivity contribution in [2.75, 3.05) is 16.8 Å². The van der Waals surface area contributed by atoms with Gasteiger partial charge in [-0.2, -0.15) is 18.3 Å². The molecule has 6 nitrogen and oxygen atoms in total. The lowest BCUT2D eigenvalue weighted by Gasteiger charge is -2.32. The largest absolute Gasteiger partial charge is 0.467 e. The minimum atomic E-state index is -4.51. The molecule has 29 heavy (non-hydrogen) atoms. The summed E-state index contributed by atoms with van der Waals surface area (Å²) in [5.41, 5.74) is 1.80. The van der Waals surface area contributed by atoms with E-state index in [-0.39, 0.29) is 17.9 Å². The van der Waals surface area contributed by atoms with E-state index in [1.807, 2.05) is 24.3 Å². The van der Waals surface area contributed by atoms with Gasteiger partial charge >= 0.3 is 6.18 Å². The van der Waals surface area contributed by atoms with Crippen LogP contribution in [0.2, 0.25) is 0 Å². The SMILES string of the molecule is O=C(c1cc2n(n1)[C@H](C(F)(F)F)C[C@@H](c1ccco1)N2)N1CCc2ccccc21. The number of furan rings is 1. The number of nitrogens with zero attached hydrogens (tertiary/aromatic N) is 3. The molecule has 0 radical (unpaired) electrons. The lowest BCUT2D eigenvalue weighted by Crippen LogP contribution is -2.35. The van der Waals surface area contributed by atoms with E-state index in [1.165, 1.54) is 12.3 Å². The third-order valence-electron chi connectivity index (χ3n) is 5.43. The van der Waals surface area contributed by atoms with Crippen LogP contribution < -0.4 is 10.2 Å². The Labute approximate surface area is 163 Å². The second kappa shape index (κ2) is 6.40. The normalized spacial score (nSPS) is 20.9. The quantitative estimate of drug-likeness (QED) is 0.693. The minimum absolute atomic E-state index is 0.0152. The number of hydrogen-bond acceptors (Lipinski definition) is 4. The number of fused-ring (bicyclic) bond motifs is 2. The van der Waals surface area contributed by atoms with Crippen molar-refractivity contribution in [1.82, 2.24) is 9.78 Å². The molecule has 0 fully saturated rings. The van der Waals surface area contributed by atoms with E-state index in [4.69, 9.17) is 4.42 Å². The van der Waals surface area contributed by atoms with Crippen LogP contribution in [0.25, 0.3) is 0 Å². The van der Waals surface area contributed by atoms with Gasteiger partial charge in [0.25, 0.3) is 5.91 Å². The first-order chi connectivity index (χ1) is 13.9. The number of rotatable bonds is 2. The van der Waals surface area contributed by atoms with Crippen LogP contribution in [0.15, 0.2) is 53.1 Å². The van der Waals surface area contributed by atoms with Crippen molar-refractivity contribution in [2.24, 2.45) is 0 Å². The molecule has 3 aromatic rings. The fourth-order valence-electron chi connectivity index (χ4n) is 4.04. The predicted octanol–water partition coefficient (Wildman–Crippen LogP) is 4.34. The molecule has 1 amide bonds. The first-order valence-electron chi connectivity index (χ1n) is 9.28. The van der Waals surface area contributed by atoms with Gasteiger partial charge in [-0.1, -0.05) is 18.2 Å². The average molecular weight is 402 g/mol. The van der Waals surface area contributed by atoms with E-state index in [9.17, 15) is 18.0 Å². The number of anilines is 2. The van der Waals surface area contributed by atoms with Gasteiger partial charge in [-0.25, -0.2) is 4.68 Å². The summed E-state index contributed by atoms with van der Waals surface area (Å²) in [5, 5.41) is 7.07. The van der Waals surface area contributed by atoms with Gasteiger partial charge in [-0.05, 0) is 30.2 Å². The van der Waals surface area contributed by atoms with E-state index >= 15 is 0 Å². The maximum absolute atomic E-state index is 13.7. The molecule has 2 aromatic heterocycles. The summed E-state index contributed by atoms with van der Waals surface area (Å²) >= 11 is 0. The zero-order chi connectivity index (χ0) is 20.2. The highest BCUT2D eigenvalue weighted by Gasteiger charge is 2.47. The minimum Gasteiger partial charge on any atom is -0.467 e. The number of benzene rings is 1. The van der Waals surface area contributed by atoms with Gasteiger partial charge in [0, 0.05) is 24.7 Å². The Balaban J connectivity index is 1.50. The number of para-hydroxylation sites is 1. The third-order valence-corrected chi connectivity index (χ3v) is 5.43. The summed E-state index contributed by atoms with van der Waals surface area (Å²) in [4.78, 5) is 14.6. The number of halogens is 3. The van der Waals surface area contributed by atoms with Gasteiger partial charge in [0.05, 0.1) is 12.3 Å². The highest BCUT2D eigenvalue weighted by atomic mass is 19.4. The molecular formula is C20H17F3N4O2. The lowest BCUT2D eigenvalue weighted by atomic mass is 10.0. The second-order valence-corrected chi connectivity index (χ2v) is 7.20. The first kappa shape index (κ1) is 17.8. The number of aromatic nitrogens is 2. The van der Waals surface area contributed by atoms with Crippen molar-refractivity contribution in [2.45, 2.75) is 31.1 Å². The lowest BCUT2D eigenvalue weighted by molar-refractivity contribution is -0.174. The first-order valence-corrected chi connectivity index (χ1v) is 9.28. The molecule has 0 bridgehead atoms. The Morgan fingerprint density at radius 3 is 2.79 bits per heavy atom. The topological polar surface area (TPSA) is 63.3 Å². The maximum atomic E-state index is 13.7. The molecule has 0 aliphatic carbocycles. The molecular weight excluding hydrogens is 385 g/mol. The van der Waals surface area contributed by atoms with Crippen LogP contribution in [0.1, 0.15) is 40.3 Å². The zero-order valence-corrected chi connectivity index (χ0v) is 15.2. The van der Waals surface area contributed by atoms with E-state index in [0.717, 1.165) is 15.9 Å². The number of nitrogens with one attached hydrogen (secondary N) is 1. The smallest absolute Gasteiger partial charge is 0.410 e. The Kier molecular flexibility index (Phi) is 3.94. The number of carbonyl (C=O) groups is 1. The van der Waals surface area contributed by atoms with Crippen molar-refractivity contribution in [3.63, 3.8) is 0 Å². The number of carbonyl (C=O) groups excluding carboxylic acids is 1. The van der Waals surface area contributed by atoms with Crippen molar-refractivity contribution in [1.29, 1.82) is 0 Å². The summed E-state index contributed by atoms with van der Waals surface area (Å²) in [6, 6.07) is 9.65. The molecule has 9 heteroatoms. The van der Waals surface area contributed by atoms with Crippen LogP contribution in [0.4, 0.5) is 24.7 Å². The molecule has 0 saturated heterocycles. The molecule has 2 atom stereocenters. The van der Waals surface area contributed by atoms with E-state index in [0.29, 0.717) is 18.7 Å². The zero-order valence-electron chi connectivity index (χ0n) is 15.2. The fourth-order valence-corrected chi connectivity index (χ4v) is 4.04. The maximum Gasteiger partial charge on any atom is 0.410 e. The van der Waals surface area contributed by atoms with Crippen molar-refractivity contribution in [3.05, 3.63) is 65.7 Å². The highest BCUT2D eigenvalue weighted by Crippen LogP contribution is 2.44. The molecule has 1 aromatic carbocycles. The number of amides is 1. The van der Waals surface area contributed by atoms with Crippen molar-refractivity contribution >= 4 is 17.4 Å². The van der Waals surface area contributed by atoms with E-state index < -0.39 is 24.2 Å². The molecule has 1 N–H and O–H groups in total. The van der Waals surface area contributed by atoms with Crippen molar-refractivity contribution < 1.29 is 22.4 Å². The van der Waals surface area contributed by atoms with Gasteiger partial charge in [-0.3, -0.25) is 4.79 Å². The Morgan fingerprint density at radius 2 is 2.03 bits per heavy atom. The molecule has 0 spiro atoms. The van der Waals surface area contributed by atoms with Gasteiger partial charge < -0.3 is 14.6 Å². The summed E-state index contributed by atoms with van der Waals surface area (Å²) in [6.45, 7) is 0.478. The molecule has 2 aliphatic heterocycles. The fraction of sp³-hybridized carbons (Fsp3) is 0.300. The Morgan fingerprint density at radius 1 is 1.21 bits per heavy atom. The predicted molar refractivity (Wildman–Crippen MR) is 98.8 cm³/mol. The van der Waals surface area contributed by atoms with Gasteiger partial charge in [0.2, 0.25) is 0 Å². The van der Waals surface area contributed by atoms with Crippen LogP contribution in [-0.4, -0.2) is 28.4 Å². The molecule has 0 saturated carbocycles. The van der Waals surface area contributed by atoms with E-state index in [2.05, 4.69) is 10.4 Å². The molecule has 0 unspecified atom stereocenters. The van der Waals surface area contributed by atoms with Crippen LogP contribution in [-0.2, 0) is 6.42 Å². The monoisotopic (exact) mass is 402 g/mol. The summed E-state index contributed by atoms with van der Waals surface area (Å²) in [7, 11) is 0. The Bertz CT molecular complexity index is 1060. The van der Waals surface area contributed by atoms with E-state index in [1.54, 1.807) is 17.0 Å². The van der Waals surface area contributed by atoms with Crippen LogP contribution >= 0.6 is 0 Å². The summed E-state index contributed by atoms with van der Waals surface area (Å²) in [5.74, 6) is 0.151. The van der Waals surface area contributed by atoms with Gasteiger partial charge in [0.15, 0.2) is 11.7 Å². The summed E-state index contributed by atoms with van der Waals surface area (Å²) < 4.78 is 47.3. The molecule has 4 heterocycles. The third kappa shape index (κ3) is 2.97. The second-order valence-electron chi connectivity index (χ2n) is 7.20. The van der Waals surface area contributed by atoms with Gasteiger partial charge in [0.1, 0.15) is 11.6 Å². The number of alkyl halides is 3. The van der Waals surface area contributed by atoms with Crippen LogP contribution in [0.5, 0.6) is 0 Å². The molecule has 150 valence electrons. The standard InChI is InChI=1S/C20H17F3N4O2/c21-20(22,23)17-10-13(16-6-3-9-29-16)24-18-11-14(25-27(17)18)19(28)26-8-7-12-4-1-2-5-15(12)26/h1-6,9,11,13,17,24H,7-8,10H2/t13-,17-/m0/s1. The average Bonchev–Trinajstić information content (AvgIpc) is 3.44.